The molecule has 1 aromatic heterocycles. The van der Waals surface area contributed by atoms with Crippen molar-refractivity contribution in [2.75, 3.05) is 42.2 Å². The van der Waals surface area contributed by atoms with Gasteiger partial charge >= 0.3 is 0 Å². The van der Waals surface area contributed by atoms with Crippen LogP contribution in [0.25, 0.3) is 0 Å². The molecule has 2 aromatic rings. The molecule has 0 bridgehead atoms. The van der Waals surface area contributed by atoms with Gasteiger partial charge in [0.25, 0.3) is 0 Å². The third-order valence-electron chi connectivity index (χ3n) is 7.08. The molecule has 3 unspecified atom stereocenters. The minimum Gasteiger partial charge on any atom is -0.373 e. The fourth-order valence-electron chi connectivity index (χ4n) is 5.59. The summed E-state index contributed by atoms with van der Waals surface area (Å²) in [5, 5.41) is 10.4. The van der Waals surface area contributed by atoms with Gasteiger partial charge in [0.15, 0.2) is 0 Å². The molecule has 6 rings (SSSR count). The lowest BCUT2D eigenvalue weighted by Crippen LogP contribution is -2.46. The second-order valence-electron chi connectivity index (χ2n) is 9.29. The van der Waals surface area contributed by atoms with Crippen LogP contribution < -0.4 is 20.9 Å². The van der Waals surface area contributed by atoms with Gasteiger partial charge in [0.05, 0.1) is 6.04 Å². The van der Waals surface area contributed by atoms with Gasteiger partial charge in [0.2, 0.25) is 5.95 Å². The van der Waals surface area contributed by atoms with Crippen molar-refractivity contribution in [2.45, 2.75) is 25.3 Å². The molecule has 7 heteroatoms. The van der Waals surface area contributed by atoms with Crippen LogP contribution in [0.2, 0.25) is 0 Å². The van der Waals surface area contributed by atoms with Crippen LogP contribution in [0.4, 0.5) is 27.7 Å². The van der Waals surface area contributed by atoms with Gasteiger partial charge in [-0.15, -0.1) is 0 Å². The lowest BCUT2D eigenvalue weighted by molar-refractivity contribution is 0.302. The summed E-state index contributed by atoms with van der Waals surface area (Å²) in [4.78, 5) is 11.9. The van der Waals surface area contributed by atoms with Crippen molar-refractivity contribution in [3.8, 4) is 0 Å². The van der Waals surface area contributed by atoms with E-state index < -0.39 is 0 Å². The van der Waals surface area contributed by atoms with Crippen molar-refractivity contribution in [3.63, 3.8) is 0 Å². The van der Waals surface area contributed by atoms with Gasteiger partial charge in [-0.3, -0.25) is 0 Å². The Morgan fingerprint density at radius 1 is 1.21 bits per heavy atom. The highest BCUT2D eigenvalue weighted by atomic mass is 19.1. The number of anilines is 4. The Balaban J connectivity index is 1.39. The molecule has 1 saturated heterocycles. The molecule has 0 radical (unpaired) electrons. The normalized spacial score (nSPS) is 30.1. The lowest BCUT2D eigenvalue weighted by atomic mass is 9.69. The first-order valence-electron chi connectivity index (χ1n) is 10.3. The number of halogens is 1. The van der Waals surface area contributed by atoms with Crippen LogP contribution >= 0.6 is 0 Å². The number of hydrogen-bond donors (Lipinski definition) is 3. The molecule has 4 aliphatic rings. The first-order valence-corrected chi connectivity index (χ1v) is 10.3. The molecule has 1 spiro atoms. The predicted molar refractivity (Wildman–Crippen MR) is 112 cm³/mol. The number of fused-ring (bicyclic) bond motifs is 1. The first kappa shape index (κ1) is 17.2. The Hall–Kier alpha value is -2.67. The van der Waals surface area contributed by atoms with E-state index in [9.17, 15) is 4.39 Å². The Morgan fingerprint density at radius 2 is 2.00 bits per heavy atom. The van der Waals surface area contributed by atoms with E-state index >= 15 is 0 Å². The zero-order chi connectivity index (χ0) is 20.0. The highest BCUT2D eigenvalue weighted by Crippen LogP contribution is 2.66. The summed E-state index contributed by atoms with van der Waals surface area (Å²) in [6.45, 7) is 7.28. The average Bonchev–Trinajstić information content (AvgIpc) is 3.04. The summed E-state index contributed by atoms with van der Waals surface area (Å²) < 4.78 is 13.5. The summed E-state index contributed by atoms with van der Waals surface area (Å²) in [6, 6.07) is 6.95. The lowest BCUT2D eigenvalue weighted by Gasteiger charge is -2.39. The van der Waals surface area contributed by atoms with E-state index in [0.717, 1.165) is 42.5 Å². The van der Waals surface area contributed by atoms with Crippen LogP contribution in [0.5, 0.6) is 0 Å². The molecule has 2 aliphatic carbocycles. The third kappa shape index (κ3) is 2.25. The maximum absolute atomic E-state index is 13.5. The fraction of sp³-hybridized carbons (Fsp3) is 0.455. The van der Waals surface area contributed by atoms with E-state index in [-0.39, 0.29) is 11.2 Å². The quantitative estimate of drug-likeness (QED) is 0.695. The maximum atomic E-state index is 13.5. The molecule has 1 aromatic carbocycles. The molecule has 3 atom stereocenters. The molecule has 2 aliphatic heterocycles. The van der Waals surface area contributed by atoms with Crippen LogP contribution in [0.15, 0.2) is 35.9 Å². The number of rotatable bonds is 4. The Labute approximate surface area is 169 Å². The molecule has 3 heterocycles. The monoisotopic (exact) mass is 392 g/mol. The van der Waals surface area contributed by atoms with Crippen molar-refractivity contribution >= 4 is 23.3 Å². The Bertz CT molecular complexity index is 1050. The highest BCUT2D eigenvalue weighted by molar-refractivity contribution is 5.76. The SMILES string of the molecule is CNc1nc(NC2C3=CC34CNCC24)nc2c1C(C)(C)CN2c1ccc(F)cc1. The van der Waals surface area contributed by atoms with Crippen LogP contribution in [0.1, 0.15) is 19.4 Å². The highest BCUT2D eigenvalue weighted by Gasteiger charge is 2.68. The van der Waals surface area contributed by atoms with E-state index in [1.54, 1.807) is 0 Å². The zero-order valence-electron chi connectivity index (χ0n) is 16.9. The standard InChI is InChI=1S/C22H25FN6/c1-21(2)11-29(13-6-4-12(23)5-7-13)19-16(21)18(24-3)27-20(28-19)26-17-14-8-22(14)10-25-9-15(17)22/h4-8,15,17,25H,9-11H2,1-3H3,(H2,24,26,27,28). The summed E-state index contributed by atoms with van der Waals surface area (Å²) in [5.41, 5.74) is 3.77. The van der Waals surface area contributed by atoms with Gasteiger partial charge in [-0.05, 0) is 29.8 Å². The van der Waals surface area contributed by atoms with Crippen LogP contribution in [0.3, 0.4) is 0 Å². The topological polar surface area (TPSA) is 65.1 Å². The molecular weight excluding hydrogens is 367 g/mol. The van der Waals surface area contributed by atoms with Crippen molar-refractivity contribution in [1.29, 1.82) is 0 Å². The summed E-state index contributed by atoms with van der Waals surface area (Å²) in [7, 11) is 1.90. The van der Waals surface area contributed by atoms with Crippen molar-refractivity contribution in [2.24, 2.45) is 11.3 Å². The van der Waals surface area contributed by atoms with Crippen LogP contribution in [-0.2, 0) is 5.41 Å². The number of nitrogens with one attached hydrogen (secondary N) is 3. The Kier molecular flexibility index (Phi) is 3.25. The first-order chi connectivity index (χ1) is 13.9. The Morgan fingerprint density at radius 3 is 2.76 bits per heavy atom. The summed E-state index contributed by atoms with van der Waals surface area (Å²) >= 11 is 0. The summed E-state index contributed by atoms with van der Waals surface area (Å²) in [6.07, 6.45) is 2.40. The number of nitrogens with zero attached hydrogens (tertiary/aromatic N) is 3. The molecule has 3 N–H and O–H groups in total. The molecule has 150 valence electrons. The van der Waals surface area contributed by atoms with E-state index in [0.29, 0.717) is 23.3 Å². The fourth-order valence-corrected chi connectivity index (χ4v) is 5.59. The van der Waals surface area contributed by atoms with E-state index in [4.69, 9.17) is 9.97 Å². The molecule has 2 fully saturated rings. The largest absolute Gasteiger partial charge is 0.373 e. The maximum Gasteiger partial charge on any atom is 0.227 e. The van der Waals surface area contributed by atoms with Gasteiger partial charge in [0.1, 0.15) is 17.5 Å². The molecule has 29 heavy (non-hydrogen) atoms. The van der Waals surface area contributed by atoms with Crippen molar-refractivity contribution in [1.82, 2.24) is 15.3 Å². The van der Waals surface area contributed by atoms with Gasteiger partial charge < -0.3 is 20.9 Å². The van der Waals surface area contributed by atoms with E-state index in [1.807, 2.05) is 19.2 Å². The van der Waals surface area contributed by atoms with Gasteiger partial charge in [0, 0.05) is 54.7 Å². The second kappa shape index (κ2) is 5.48. The minimum atomic E-state index is -0.232. The van der Waals surface area contributed by atoms with Crippen LogP contribution in [0, 0.1) is 17.2 Å². The summed E-state index contributed by atoms with van der Waals surface area (Å²) in [5.74, 6) is 2.76. The smallest absolute Gasteiger partial charge is 0.227 e. The van der Waals surface area contributed by atoms with E-state index in [1.165, 1.54) is 17.7 Å². The average molecular weight is 392 g/mol. The third-order valence-corrected chi connectivity index (χ3v) is 7.08. The minimum absolute atomic E-state index is 0.124. The van der Waals surface area contributed by atoms with Gasteiger partial charge in [-0.1, -0.05) is 19.9 Å². The number of aromatic nitrogens is 2. The number of benzene rings is 1. The van der Waals surface area contributed by atoms with Crippen molar-refractivity contribution < 1.29 is 4.39 Å². The second-order valence-corrected chi connectivity index (χ2v) is 9.29. The van der Waals surface area contributed by atoms with Crippen molar-refractivity contribution in [3.05, 3.63) is 47.3 Å². The van der Waals surface area contributed by atoms with E-state index in [2.05, 4.69) is 40.8 Å². The predicted octanol–water partition coefficient (Wildman–Crippen LogP) is 3.03. The molecule has 0 amide bonds. The number of hydrogen-bond acceptors (Lipinski definition) is 6. The molecule has 1 saturated carbocycles. The van der Waals surface area contributed by atoms with Crippen LogP contribution in [-0.4, -0.2) is 42.7 Å². The molecular formula is C22H25FN6. The zero-order valence-corrected chi connectivity index (χ0v) is 16.9. The molecule has 6 nitrogen and oxygen atoms in total. The van der Waals surface area contributed by atoms with Gasteiger partial charge in [-0.25, -0.2) is 4.39 Å². The van der Waals surface area contributed by atoms with Gasteiger partial charge in [-0.2, -0.15) is 9.97 Å².